The fourth-order valence-electron chi connectivity index (χ4n) is 2.01. The van der Waals surface area contributed by atoms with Gasteiger partial charge in [-0.15, -0.1) is 11.8 Å². The molecule has 0 spiro atoms. The van der Waals surface area contributed by atoms with Gasteiger partial charge in [0.25, 0.3) is 0 Å². The second-order valence-electron chi connectivity index (χ2n) is 4.49. The van der Waals surface area contributed by atoms with E-state index in [0.29, 0.717) is 11.7 Å². The number of carbonyl (C=O) groups is 1. The van der Waals surface area contributed by atoms with Crippen molar-refractivity contribution in [2.45, 2.75) is 5.25 Å². The molecule has 5 nitrogen and oxygen atoms in total. The van der Waals surface area contributed by atoms with Crippen molar-refractivity contribution in [3.8, 4) is 5.75 Å². The summed E-state index contributed by atoms with van der Waals surface area (Å²) >= 11 is 7.03. The Labute approximate surface area is 134 Å². The number of hydrogen-bond donors (Lipinski definition) is 1. The predicted octanol–water partition coefficient (Wildman–Crippen LogP) is 1.98. The Hall–Kier alpha value is -1.47. The molecular weight excluding hydrogens is 308 g/mol. The summed E-state index contributed by atoms with van der Waals surface area (Å²) in [6.07, 6.45) is 0. The van der Waals surface area contributed by atoms with Crippen LogP contribution in [0.15, 0.2) is 24.3 Å². The molecule has 1 aliphatic heterocycles. The zero-order valence-electron chi connectivity index (χ0n) is 12.0. The van der Waals surface area contributed by atoms with Crippen molar-refractivity contribution >= 4 is 40.7 Å². The molecule has 1 saturated heterocycles. The second-order valence-corrected chi connectivity index (χ2v) is 6.19. The van der Waals surface area contributed by atoms with E-state index in [1.165, 1.54) is 7.11 Å². The minimum absolute atomic E-state index is 0.186. The minimum Gasteiger partial charge on any atom is -0.497 e. The Morgan fingerprint density at radius 2 is 2.29 bits per heavy atom. The van der Waals surface area contributed by atoms with E-state index in [0.717, 1.165) is 23.7 Å². The van der Waals surface area contributed by atoms with Gasteiger partial charge in [-0.1, -0.05) is 6.07 Å². The van der Waals surface area contributed by atoms with E-state index in [1.807, 2.05) is 29.2 Å². The van der Waals surface area contributed by atoms with E-state index in [1.54, 1.807) is 18.9 Å². The molecule has 1 aliphatic rings. The van der Waals surface area contributed by atoms with Gasteiger partial charge in [-0.25, -0.2) is 0 Å². The van der Waals surface area contributed by atoms with E-state index < -0.39 is 0 Å². The van der Waals surface area contributed by atoms with Crippen LogP contribution in [0.1, 0.15) is 0 Å². The van der Waals surface area contributed by atoms with Gasteiger partial charge < -0.3 is 19.7 Å². The highest BCUT2D eigenvalue weighted by Crippen LogP contribution is 2.22. The highest BCUT2D eigenvalue weighted by Gasteiger charge is 2.28. The number of ether oxygens (including phenoxy) is 2. The summed E-state index contributed by atoms with van der Waals surface area (Å²) < 4.78 is 9.98. The number of thiocarbonyl (C=S) groups is 1. The average Bonchev–Trinajstić information content (AvgIpc) is 2.54. The van der Waals surface area contributed by atoms with Crippen molar-refractivity contribution in [1.29, 1.82) is 0 Å². The third-order valence-corrected chi connectivity index (χ3v) is 4.66. The first kappa shape index (κ1) is 15.9. The minimum atomic E-state index is -0.200. The summed E-state index contributed by atoms with van der Waals surface area (Å²) in [6.45, 7) is 1.38. The van der Waals surface area contributed by atoms with Gasteiger partial charge in [-0.3, -0.25) is 4.79 Å². The largest absolute Gasteiger partial charge is 0.497 e. The Morgan fingerprint density at radius 1 is 1.48 bits per heavy atom. The number of rotatable bonds is 3. The van der Waals surface area contributed by atoms with Gasteiger partial charge in [0.15, 0.2) is 5.11 Å². The van der Waals surface area contributed by atoms with Gasteiger partial charge in [-0.05, 0) is 24.4 Å². The van der Waals surface area contributed by atoms with Gasteiger partial charge >= 0.3 is 5.97 Å². The lowest BCUT2D eigenvalue weighted by atomic mass is 10.3. The standard InChI is InChI=1S/C14H18N2O3S2/c1-18-11-5-3-4-10(8-11)15-14(20)16-6-7-21-12(9-16)13(17)19-2/h3-5,8,12H,6-7,9H2,1-2H3,(H,15,20)/t12-/m1/s1. The van der Waals surface area contributed by atoms with E-state index >= 15 is 0 Å². The summed E-state index contributed by atoms with van der Waals surface area (Å²) in [4.78, 5) is 13.6. The molecule has 0 saturated carbocycles. The molecule has 1 fully saturated rings. The number of nitrogens with zero attached hydrogens (tertiary/aromatic N) is 1. The maximum absolute atomic E-state index is 11.6. The molecule has 1 heterocycles. The molecule has 7 heteroatoms. The molecule has 0 aliphatic carbocycles. The molecule has 0 aromatic heterocycles. The second kappa shape index (κ2) is 7.51. The highest BCUT2D eigenvalue weighted by molar-refractivity contribution is 8.00. The Kier molecular flexibility index (Phi) is 5.69. The first-order valence-electron chi connectivity index (χ1n) is 6.53. The van der Waals surface area contributed by atoms with Crippen LogP contribution in [0.25, 0.3) is 0 Å². The van der Waals surface area contributed by atoms with Gasteiger partial charge in [-0.2, -0.15) is 0 Å². The average molecular weight is 326 g/mol. The van der Waals surface area contributed by atoms with Crippen molar-refractivity contribution in [3.63, 3.8) is 0 Å². The molecule has 0 bridgehead atoms. The summed E-state index contributed by atoms with van der Waals surface area (Å²) in [6, 6.07) is 7.57. The number of anilines is 1. The SMILES string of the molecule is COC(=O)[C@H]1CN(C(=S)Nc2cccc(OC)c2)CCS1. The number of nitrogens with one attached hydrogen (secondary N) is 1. The van der Waals surface area contributed by atoms with E-state index in [4.69, 9.17) is 21.7 Å². The lowest BCUT2D eigenvalue weighted by Crippen LogP contribution is -2.46. The van der Waals surface area contributed by atoms with Crippen molar-refractivity contribution in [2.75, 3.05) is 38.4 Å². The topological polar surface area (TPSA) is 50.8 Å². The molecule has 1 N–H and O–H groups in total. The molecule has 1 aromatic carbocycles. The summed E-state index contributed by atoms with van der Waals surface area (Å²) in [5.41, 5.74) is 0.868. The maximum Gasteiger partial charge on any atom is 0.320 e. The van der Waals surface area contributed by atoms with Crippen LogP contribution >= 0.6 is 24.0 Å². The van der Waals surface area contributed by atoms with Gasteiger partial charge in [0, 0.05) is 30.6 Å². The molecule has 0 radical (unpaired) electrons. The lowest BCUT2D eigenvalue weighted by molar-refractivity contribution is -0.140. The monoisotopic (exact) mass is 326 g/mol. The molecule has 2 rings (SSSR count). The van der Waals surface area contributed by atoms with Crippen LogP contribution in [-0.2, 0) is 9.53 Å². The first-order valence-corrected chi connectivity index (χ1v) is 7.99. The number of methoxy groups -OCH3 is 2. The van der Waals surface area contributed by atoms with Crippen LogP contribution in [0.3, 0.4) is 0 Å². The summed E-state index contributed by atoms with van der Waals surface area (Å²) in [7, 11) is 3.04. The predicted molar refractivity (Wildman–Crippen MR) is 89.0 cm³/mol. The third kappa shape index (κ3) is 4.25. The fraction of sp³-hybridized carbons (Fsp3) is 0.429. The Balaban J connectivity index is 1.97. The normalized spacial score (nSPS) is 18.0. The van der Waals surface area contributed by atoms with E-state index in [9.17, 15) is 4.79 Å². The van der Waals surface area contributed by atoms with Crippen molar-refractivity contribution in [1.82, 2.24) is 4.90 Å². The summed E-state index contributed by atoms with van der Waals surface area (Å²) in [5, 5.41) is 3.60. The highest BCUT2D eigenvalue weighted by atomic mass is 32.2. The van der Waals surface area contributed by atoms with Crippen LogP contribution in [0.2, 0.25) is 0 Å². The van der Waals surface area contributed by atoms with Crippen LogP contribution in [0, 0.1) is 0 Å². The van der Waals surface area contributed by atoms with Crippen LogP contribution < -0.4 is 10.1 Å². The van der Waals surface area contributed by atoms with E-state index in [2.05, 4.69) is 5.32 Å². The first-order chi connectivity index (χ1) is 10.1. The Morgan fingerprint density at radius 3 is 3.00 bits per heavy atom. The van der Waals surface area contributed by atoms with Gasteiger partial charge in [0.1, 0.15) is 11.0 Å². The number of benzene rings is 1. The molecule has 0 unspecified atom stereocenters. The molecule has 1 atom stereocenters. The molecule has 0 amide bonds. The van der Waals surface area contributed by atoms with Crippen molar-refractivity contribution < 1.29 is 14.3 Å². The van der Waals surface area contributed by atoms with Gasteiger partial charge in [0.05, 0.1) is 14.2 Å². The summed E-state index contributed by atoms with van der Waals surface area (Å²) in [5.74, 6) is 1.41. The maximum atomic E-state index is 11.6. The number of thioether (sulfide) groups is 1. The molecule has 1 aromatic rings. The fourth-order valence-corrected chi connectivity index (χ4v) is 3.42. The molecule has 21 heavy (non-hydrogen) atoms. The van der Waals surface area contributed by atoms with Crippen LogP contribution in [-0.4, -0.2) is 54.3 Å². The van der Waals surface area contributed by atoms with E-state index in [-0.39, 0.29) is 11.2 Å². The molecule has 114 valence electrons. The number of esters is 1. The number of carbonyl (C=O) groups excluding carboxylic acids is 1. The quantitative estimate of drug-likeness (QED) is 0.673. The number of hydrogen-bond acceptors (Lipinski definition) is 5. The van der Waals surface area contributed by atoms with Crippen molar-refractivity contribution in [2.24, 2.45) is 0 Å². The smallest absolute Gasteiger partial charge is 0.320 e. The zero-order valence-corrected chi connectivity index (χ0v) is 13.6. The third-order valence-electron chi connectivity index (χ3n) is 3.14. The van der Waals surface area contributed by atoms with Crippen LogP contribution in [0.4, 0.5) is 5.69 Å². The zero-order chi connectivity index (χ0) is 15.2. The van der Waals surface area contributed by atoms with Crippen LogP contribution in [0.5, 0.6) is 5.75 Å². The Bertz CT molecular complexity index is 525. The van der Waals surface area contributed by atoms with Crippen molar-refractivity contribution in [3.05, 3.63) is 24.3 Å². The molecular formula is C14H18N2O3S2. The lowest BCUT2D eigenvalue weighted by Gasteiger charge is -2.33. The van der Waals surface area contributed by atoms with Gasteiger partial charge in [0.2, 0.25) is 0 Å².